The quantitative estimate of drug-likeness (QED) is 0.685. The maximum absolute atomic E-state index is 12.5. The molecule has 0 spiro atoms. The SMILES string of the molecule is Cc1cc(C)cc(CSCC(=O)Nc2ccccc2C(=O)NC[C@@H]2CCCO2)c1. The lowest BCUT2D eigenvalue weighted by Gasteiger charge is -2.14. The molecule has 6 heteroatoms. The first kappa shape index (κ1) is 21.4. The maximum atomic E-state index is 12.5. The van der Waals surface area contributed by atoms with Crippen LogP contribution in [0, 0.1) is 13.8 Å². The van der Waals surface area contributed by atoms with E-state index in [1.54, 1.807) is 30.0 Å². The molecule has 29 heavy (non-hydrogen) atoms. The molecule has 0 unspecified atom stereocenters. The average Bonchev–Trinajstić information content (AvgIpc) is 3.19. The lowest BCUT2D eigenvalue weighted by atomic mass is 10.1. The minimum atomic E-state index is -0.195. The van der Waals surface area contributed by atoms with Crippen molar-refractivity contribution in [3.05, 3.63) is 64.7 Å². The van der Waals surface area contributed by atoms with E-state index >= 15 is 0 Å². The van der Waals surface area contributed by atoms with Crippen molar-refractivity contribution in [3.63, 3.8) is 0 Å². The highest BCUT2D eigenvalue weighted by molar-refractivity contribution is 7.99. The molecule has 1 aliphatic heterocycles. The summed E-state index contributed by atoms with van der Waals surface area (Å²) < 4.78 is 5.54. The number of carbonyl (C=O) groups is 2. The van der Waals surface area contributed by atoms with Gasteiger partial charge in [0.15, 0.2) is 0 Å². The van der Waals surface area contributed by atoms with Crippen molar-refractivity contribution in [2.45, 2.75) is 38.5 Å². The second-order valence-electron chi connectivity index (χ2n) is 7.43. The minimum Gasteiger partial charge on any atom is -0.376 e. The third-order valence-corrected chi connectivity index (χ3v) is 5.75. The van der Waals surface area contributed by atoms with Crippen molar-refractivity contribution in [2.24, 2.45) is 0 Å². The van der Waals surface area contributed by atoms with Crippen LogP contribution in [-0.2, 0) is 15.3 Å². The van der Waals surface area contributed by atoms with E-state index in [9.17, 15) is 9.59 Å². The number of amides is 2. The van der Waals surface area contributed by atoms with Crippen LogP contribution in [0.4, 0.5) is 5.69 Å². The molecule has 1 atom stereocenters. The van der Waals surface area contributed by atoms with E-state index < -0.39 is 0 Å². The zero-order valence-corrected chi connectivity index (χ0v) is 17.8. The summed E-state index contributed by atoms with van der Waals surface area (Å²) in [5, 5.41) is 5.79. The van der Waals surface area contributed by atoms with Crippen molar-refractivity contribution in [1.82, 2.24) is 5.32 Å². The molecule has 0 aliphatic carbocycles. The molecule has 0 aromatic heterocycles. The Morgan fingerprint density at radius 3 is 2.62 bits per heavy atom. The Bertz CT molecular complexity index is 843. The van der Waals surface area contributed by atoms with Crippen molar-refractivity contribution in [3.8, 4) is 0 Å². The normalized spacial score (nSPS) is 15.9. The van der Waals surface area contributed by atoms with Crippen LogP contribution < -0.4 is 10.6 Å². The highest BCUT2D eigenvalue weighted by Crippen LogP contribution is 2.19. The topological polar surface area (TPSA) is 67.4 Å². The second-order valence-corrected chi connectivity index (χ2v) is 8.41. The van der Waals surface area contributed by atoms with Gasteiger partial charge in [0.05, 0.1) is 23.1 Å². The number of carbonyl (C=O) groups excluding carboxylic acids is 2. The van der Waals surface area contributed by atoms with Crippen molar-refractivity contribution in [2.75, 3.05) is 24.2 Å². The lowest BCUT2D eigenvalue weighted by molar-refractivity contribution is -0.113. The van der Waals surface area contributed by atoms with E-state index in [4.69, 9.17) is 4.74 Å². The predicted octanol–water partition coefficient (Wildman–Crippen LogP) is 4.08. The van der Waals surface area contributed by atoms with E-state index in [2.05, 4.69) is 42.7 Å². The molecule has 1 fully saturated rings. The summed E-state index contributed by atoms with van der Waals surface area (Å²) >= 11 is 1.56. The van der Waals surface area contributed by atoms with Crippen molar-refractivity contribution < 1.29 is 14.3 Å². The highest BCUT2D eigenvalue weighted by atomic mass is 32.2. The van der Waals surface area contributed by atoms with Gasteiger partial charge in [0.1, 0.15) is 0 Å². The third kappa shape index (κ3) is 6.61. The zero-order chi connectivity index (χ0) is 20.6. The third-order valence-electron chi connectivity index (χ3n) is 4.74. The van der Waals surface area contributed by atoms with Crippen molar-refractivity contribution in [1.29, 1.82) is 0 Å². The van der Waals surface area contributed by atoms with Gasteiger partial charge in [0.2, 0.25) is 5.91 Å². The molecular weight excluding hydrogens is 384 g/mol. The maximum Gasteiger partial charge on any atom is 0.253 e. The molecular formula is C23H28N2O3S. The highest BCUT2D eigenvalue weighted by Gasteiger charge is 2.18. The van der Waals surface area contributed by atoms with Crippen molar-refractivity contribution >= 4 is 29.3 Å². The van der Waals surface area contributed by atoms with Crippen LogP contribution in [0.2, 0.25) is 0 Å². The number of para-hydroxylation sites is 1. The number of aryl methyl sites for hydroxylation is 2. The Hall–Kier alpha value is -2.31. The molecule has 3 rings (SSSR count). The predicted molar refractivity (Wildman–Crippen MR) is 118 cm³/mol. The van der Waals surface area contributed by atoms with Crippen LogP contribution in [0.15, 0.2) is 42.5 Å². The fraction of sp³-hybridized carbons (Fsp3) is 0.391. The standard InChI is InChI=1S/C23H28N2O3S/c1-16-10-17(2)12-18(11-16)14-29-15-22(26)25-21-8-4-3-7-20(21)23(27)24-13-19-6-5-9-28-19/h3-4,7-8,10-12,19H,5-6,9,13-15H2,1-2H3,(H,24,27)(H,25,26)/t19-/m0/s1. The summed E-state index contributed by atoms with van der Waals surface area (Å²) in [6.07, 6.45) is 2.09. The van der Waals surface area contributed by atoms with Gasteiger partial charge in [0, 0.05) is 18.9 Å². The molecule has 2 amide bonds. The number of hydrogen-bond donors (Lipinski definition) is 2. The molecule has 5 nitrogen and oxygen atoms in total. The minimum absolute atomic E-state index is 0.0855. The Balaban J connectivity index is 1.51. The van der Waals surface area contributed by atoms with Crippen LogP contribution in [0.3, 0.4) is 0 Å². The Labute approximate surface area is 176 Å². The number of ether oxygens (including phenoxy) is 1. The van der Waals surface area contributed by atoms with Crippen LogP contribution >= 0.6 is 11.8 Å². The Kier molecular flexibility index (Phi) is 7.72. The van der Waals surface area contributed by atoms with E-state index in [0.29, 0.717) is 23.5 Å². The Morgan fingerprint density at radius 2 is 1.90 bits per heavy atom. The molecule has 0 bridgehead atoms. The lowest BCUT2D eigenvalue weighted by Crippen LogP contribution is -2.32. The number of anilines is 1. The molecule has 1 heterocycles. The monoisotopic (exact) mass is 412 g/mol. The molecule has 2 N–H and O–H groups in total. The number of hydrogen-bond acceptors (Lipinski definition) is 4. The van der Waals surface area contributed by atoms with Gasteiger partial charge in [-0.15, -0.1) is 11.8 Å². The van der Waals surface area contributed by atoms with Crippen LogP contribution in [0.5, 0.6) is 0 Å². The molecule has 0 saturated carbocycles. The first-order chi connectivity index (χ1) is 14.0. The number of benzene rings is 2. The van der Waals surface area contributed by atoms with E-state index in [0.717, 1.165) is 25.2 Å². The number of thioether (sulfide) groups is 1. The van der Waals surface area contributed by atoms with Gasteiger partial charge in [-0.25, -0.2) is 0 Å². The largest absolute Gasteiger partial charge is 0.376 e. The summed E-state index contributed by atoms with van der Waals surface area (Å²) in [5.41, 5.74) is 4.68. The summed E-state index contributed by atoms with van der Waals surface area (Å²) in [6, 6.07) is 13.5. The fourth-order valence-corrected chi connectivity index (χ4v) is 4.26. The molecule has 0 radical (unpaired) electrons. The summed E-state index contributed by atoms with van der Waals surface area (Å²) in [7, 11) is 0. The summed E-state index contributed by atoms with van der Waals surface area (Å²) in [4.78, 5) is 24.9. The molecule has 2 aromatic carbocycles. The molecule has 154 valence electrons. The van der Waals surface area contributed by atoms with Crippen LogP contribution in [-0.4, -0.2) is 36.8 Å². The van der Waals surface area contributed by atoms with Gasteiger partial charge in [-0.2, -0.15) is 0 Å². The van der Waals surface area contributed by atoms with Gasteiger partial charge >= 0.3 is 0 Å². The van der Waals surface area contributed by atoms with Gasteiger partial charge in [-0.05, 0) is 44.4 Å². The van der Waals surface area contributed by atoms with Crippen LogP contribution in [0.1, 0.15) is 39.9 Å². The van der Waals surface area contributed by atoms with E-state index in [-0.39, 0.29) is 17.9 Å². The molecule has 1 saturated heterocycles. The summed E-state index contributed by atoms with van der Waals surface area (Å²) in [6.45, 7) is 5.41. The number of nitrogens with one attached hydrogen (secondary N) is 2. The second kappa shape index (κ2) is 10.5. The molecule has 2 aromatic rings. The fourth-order valence-electron chi connectivity index (χ4n) is 3.50. The van der Waals surface area contributed by atoms with E-state index in [1.165, 1.54) is 16.7 Å². The van der Waals surface area contributed by atoms with Gasteiger partial charge in [0.25, 0.3) is 5.91 Å². The smallest absolute Gasteiger partial charge is 0.253 e. The number of rotatable bonds is 8. The zero-order valence-electron chi connectivity index (χ0n) is 17.0. The first-order valence-corrected chi connectivity index (χ1v) is 11.1. The van der Waals surface area contributed by atoms with Gasteiger partial charge in [-0.1, -0.05) is 41.5 Å². The average molecular weight is 413 g/mol. The molecule has 1 aliphatic rings. The van der Waals surface area contributed by atoms with E-state index in [1.807, 2.05) is 6.07 Å². The summed E-state index contributed by atoms with van der Waals surface area (Å²) in [5.74, 6) is 0.802. The first-order valence-electron chi connectivity index (χ1n) is 9.95. The Morgan fingerprint density at radius 1 is 1.14 bits per heavy atom. The van der Waals surface area contributed by atoms with Gasteiger partial charge in [-0.3, -0.25) is 9.59 Å². The van der Waals surface area contributed by atoms with Crippen LogP contribution in [0.25, 0.3) is 0 Å². The van der Waals surface area contributed by atoms with Gasteiger partial charge < -0.3 is 15.4 Å².